The molecule has 0 aliphatic heterocycles. The molecule has 0 saturated heterocycles. The summed E-state index contributed by atoms with van der Waals surface area (Å²) >= 11 is 0. The van der Waals surface area contributed by atoms with Gasteiger partial charge in [-0.25, -0.2) is 4.99 Å². The number of carbonyl (C=O) groups is 3. The van der Waals surface area contributed by atoms with Crippen molar-refractivity contribution in [1.29, 1.82) is 0 Å². The third-order valence-electron chi connectivity index (χ3n) is 7.06. The number of esters is 1. The first-order valence-corrected chi connectivity index (χ1v) is 17.8. The second kappa shape index (κ2) is 30.4. The van der Waals surface area contributed by atoms with Crippen LogP contribution in [0.25, 0.3) is 6.08 Å². The van der Waals surface area contributed by atoms with Crippen molar-refractivity contribution in [2.24, 2.45) is 22.7 Å². The molecule has 284 valence electrons. The fourth-order valence-corrected chi connectivity index (χ4v) is 3.20. The minimum absolute atomic E-state index is 0.110. The van der Waals surface area contributed by atoms with Crippen molar-refractivity contribution >= 4 is 29.4 Å². The Bertz CT molecular complexity index is 1210. The number of aliphatic imine (C=N–C) groups is 1. The van der Waals surface area contributed by atoms with Gasteiger partial charge in [0.15, 0.2) is 0 Å². The van der Waals surface area contributed by atoms with Crippen molar-refractivity contribution in [3.8, 4) is 11.8 Å². The molecule has 0 aliphatic carbocycles. The van der Waals surface area contributed by atoms with Crippen LogP contribution in [0.3, 0.4) is 0 Å². The van der Waals surface area contributed by atoms with Crippen molar-refractivity contribution < 1.29 is 33.7 Å². The molecule has 8 nitrogen and oxygen atoms in total. The summed E-state index contributed by atoms with van der Waals surface area (Å²) in [5.74, 6) is 4.37. The summed E-state index contributed by atoms with van der Waals surface area (Å²) in [5.41, 5.74) is 1.90. The van der Waals surface area contributed by atoms with E-state index in [1.165, 1.54) is 13.8 Å². The summed E-state index contributed by atoms with van der Waals surface area (Å²) in [5, 5.41) is 9.68. The SMILES string of the molecule is CC.CC#CC.CC(=O)N=C(C)C(C)C.CC(CCC(=O)C(C)C(=O)OCC(C)(C)O)OC/C(=C/C=C/c1ccccc1)COC(C)C(C)C. The summed E-state index contributed by atoms with van der Waals surface area (Å²) in [4.78, 5) is 38.6. The maximum atomic E-state index is 12.4. The standard InChI is InChI=1S/C29H44O6.C7H13NO.C4H6.C2H6/c1-21(2)24(5)34-19-26(15-11-14-25-12-9-8-10-13-25)18-33-22(3)16-17-27(30)23(4)28(31)35-20-29(6,7)32;1-5(2)6(3)8-7(4)9;1-3-4-2;1-2/h8-15,21-24,32H,16-20H2,1-7H3;5H,1-4H3;1-2H3;1-2H3/b14-11+,26-15-;;;. The molecule has 3 atom stereocenters. The predicted molar refractivity (Wildman–Crippen MR) is 209 cm³/mol. The summed E-state index contributed by atoms with van der Waals surface area (Å²) in [7, 11) is 0. The average molecular weight is 700 g/mol. The summed E-state index contributed by atoms with van der Waals surface area (Å²) < 4.78 is 17.0. The molecule has 1 amide bonds. The number of ketones is 1. The van der Waals surface area contributed by atoms with Gasteiger partial charge in [-0.05, 0) is 84.8 Å². The summed E-state index contributed by atoms with van der Waals surface area (Å²) in [6.45, 7) is 28.6. The van der Waals surface area contributed by atoms with Gasteiger partial charge in [-0.3, -0.25) is 14.4 Å². The largest absolute Gasteiger partial charge is 0.462 e. The molecule has 0 spiro atoms. The number of allylic oxidation sites excluding steroid dienone is 2. The van der Waals surface area contributed by atoms with Crippen molar-refractivity contribution in [2.45, 2.75) is 135 Å². The number of rotatable bonds is 17. The van der Waals surface area contributed by atoms with Gasteiger partial charge in [0.05, 0.1) is 31.0 Å². The molecule has 3 unspecified atom stereocenters. The summed E-state index contributed by atoms with van der Waals surface area (Å²) in [6, 6.07) is 10.1. The van der Waals surface area contributed by atoms with E-state index in [0.29, 0.717) is 31.5 Å². The molecule has 0 bridgehead atoms. The smallest absolute Gasteiger partial charge is 0.316 e. The van der Waals surface area contributed by atoms with E-state index in [1.54, 1.807) is 13.8 Å². The van der Waals surface area contributed by atoms with Crippen LogP contribution in [0.15, 0.2) is 53.0 Å². The van der Waals surface area contributed by atoms with Crippen molar-refractivity contribution in [1.82, 2.24) is 0 Å². The van der Waals surface area contributed by atoms with Crippen molar-refractivity contribution in [3.63, 3.8) is 0 Å². The Morgan fingerprint density at radius 3 is 1.88 bits per heavy atom. The second-order valence-corrected chi connectivity index (χ2v) is 13.1. The molecular weight excluding hydrogens is 630 g/mol. The predicted octanol–water partition coefficient (Wildman–Crippen LogP) is 9.10. The van der Waals surface area contributed by atoms with Gasteiger partial charge in [0.1, 0.15) is 18.3 Å². The van der Waals surface area contributed by atoms with Gasteiger partial charge >= 0.3 is 5.97 Å². The van der Waals surface area contributed by atoms with Crippen molar-refractivity contribution in [3.05, 3.63) is 53.6 Å². The molecule has 0 aromatic heterocycles. The lowest BCUT2D eigenvalue weighted by Crippen LogP contribution is -2.32. The zero-order chi connectivity index (χ0) is 39.3. The minimum Gasteiger partial charge on any atom is -0.462 e. The topological polar surface area (TPSA) is 111 Å². The second-order valence-electron chi connectivity index (χ2n) is 13.1. The van der Waals surface area contributed by atoms with Gasteiger partial charge in [-0.2, -0.15) is 0 Å². The Kier molecular flexibility index (Phi) is 31.0. The lowest BCUT2D eigenvalue weighted by molar-refractivity contribution is -0.156. The maximum Gasteiger partial charge on any atom is 0.316 e. The van der Waals surface area contributed by atoms with Crippen LogP contribution >= 0.6 is 0 Å². The Balaban J connectivity index is -0.00000123. The molecule has 0 aliphatic rings. The molecule has 1 aromatic carbocycles. The molecule has 8 heteroatoms. The third-order valence-corrected chi connectivity index (χ3v) is 7.06. The van der Waals surface area contributed by atoms with E-state index in [9.17, 15) is 19.5 Å². The Labute approximate surface area is 305 Å². The third kappa shape index (κ3) is 30.7. The zero-order valence-electron chi connectivity index (χ0n) is 33.9. The Morgan fingerprint density at radius 1 is 0.900 bits per heavy atom. The monoisotopic (exact) mass is 700 g/mol. The molecule has 1 rings (SSSR count). The Morgan fingerprint density at radius 2 is 1.44 bits per heavy atom. The van der Waals surface area contributed by atoms with Crippen molar-refractivity contribution in [2.75, 3.05) is 19.8 Å². The fourth-order valence-electron chi connectivity index (χ4n) is 3.20. The first-order chi connectivity index (χ1) is 23.3. The van der Waals surface area contributed by atoms with Crippen LogP contribution in [0.5, 0.6) is 0 Å². The van der Waals surface area contributed by atoms with E-state index in [1.807, 2.05) is 104 Å². The highest BCUT2D eigenvalue weighted by atomic mass is 16.5. The van der Waals surface area contributed by atoms with E-state index in [4.69, 9.17) is 14.2 Å². The van der Waals surface area contributed by atoms with Crippen LogP contribution in [0, 0.1) is 29.6 Å². The average Bonchev–Trinajstić information content (AvgIpc) is 3.07. The van der Waals surface area contributed by atoms with E-state index in [0.717, 1.165) is 16.8 Å². The van der Waals surface area contributed by atoms with Gasteiger partial charge in [0.25, 0.3) is 0 Å². The molecular formula is C42H69NO7. The van der Waals surface area contributed by atoms with Crippen LogP contribution in [-0.4, -0.2) is 66.1 Å². The number of hydrogen-bond donors (Lipinski definition) is 1. The minimum atomic E-state index is -1.13. The highest BCUT2D eigenvalue weighted by molar-refractivity contribution is 5.98. The summed E-state index contributed by atoms with van der Waals surface area (Å²) in [6.07, 6.45) is 6.72. The quantitative estimate of drug-likeness (QED) is 0.0568. The van der Waals surface area contributed by atoms with Gasteiger partial charge in [-0.1, -0.05) is 90.1 Å². The van der Waals surface area contributed by atoms with Crippen LogP contribution in [-0.2, 0) is 28.6 Å². The van der Waals surface area contributed by atoms with E-state index >= 15 is 0 Å². The normalized spacial score (nSPS) is 13.3. The number of benzene rings is 1. The van der Waals surface area contributed by atoms with Gasteiger partial charge in [0.2, 0.25) is 5.91 Å². The molecule has 1 aromatic rings. The molecule has 0 heterocycles. The number of hydrogen-bond acceptors (Lipinski definition) is 7. The molecule has 0 fully saturated rings. The first kappa shape index (κ1) is 51.0. The molecule has 0 saturated carbocycles. The van der Waals surface area contributed by atoms with Gasteiger partial charge in [-0.15, -0.1) is 11.8 Å². The van der Waals surface area contributed by atoms with E-state index < -0.39 is 17.5 Å². The highest BCUT2D eigenvalue weighted by Gasteiger charge is 2.25. The number of aliphatic hydroxyl groups is 1. The number of carbonyl (C=O) groups excluding carboxylic acids is 3. The zero-order valence-corrected chi connectivity index (χ0v) is 33.9. The number of Topliss-reactive ketones (excluding diaryl/α,β-unsaturated/α-hetero) is 1. The van der Waals surface area contributed by atoms with Gasteiger partial charge < -0.3 is 19.3 Å². The number of amides is 1. The molecule has 50 heavy (non-hydrogen) atoms. The molecule has 0 radical (unpaired) electrons. The number of nitrogens with zero attached hydrogens (tertiary/aromatic N) is 1. The first-order valence-electron chi connectivity index (χ1n) is 17.8. The maximum absolute atomic E-state index is 12.4. The molecule has 1 N–H and O–H groups in total. The lowest BCUT2D eigenvalue weighted by atomic mass is 10.0. The van der Waals surface area contributed by atoms with Crippen LogP contribution in [0.4, 0.5) is 0 Å². The Hall–Kier alpha value is -3.38. The van der Waals surface area contributed by atoms with Crippen LogP contribution in [0.1, 0.15) is 122 Å². The lowest BCUT2D eigenvalue weighted by Gasteiger charge is -2.20. The van der Waals surface area contributed by atoms with Crippen LogP contribution < -0.4 is 0 Å². The number of ether oxygens (including phenoxy) is 3. The van der Waals surface area contributed by atoms with E-state index in [-0.39, 0.29) is 36.9 Å². The highest BCUT2D eigenvalue weighted by Crippen LogP contribution is 2.14. The van der Waals surface area contributed by atoms with Crippen LogP contribution in [0.2, 0.25) is 0 Å². The fraction of sp³-hybridized carbons (Fsp3) is 0.619. The van der Waals surface area contributed by atoms with E-state index in [2.05, 4.69) is 37.6 Å². The van der Waals surface area contributed by atoms with Gasteiger partial charge in [0, 0.05) is 19.1 Å².